The summed E-state index contributed by atoms with van der Waals surface area (Å²) >= 11 is 0. The fourth-order valence-electron chi connectivity index (χ4n) is 2.68. The molecule has 2 rings (SSSR count). The van der Waals surface area contributed by atoms with Crippen LogP contribution in [0.5, 0.6) is 0 Å². The van der Waals surface area contributed by atoms with Gasteiger partial charge in [-0.15, -0.1) is 0 Å². The van der Waals surface area contributed by atoms with E-state index in [-0.39, 0.29) is 12.1 Å². The number of carboxylic acids is 1. The molecule has 0 bridgehead atoms. The maximum Gasteiger partial charge on any atom is 0.323 e. The Bertz CT molecular complexity index is 494. The van der Waals surface area contributed by atoms with Crippen molar-refractivity contribution in [2.45, 2.75) is 58.4 Å². The van der Waals surface area contributed by atoms with Crippen LogP contribution < -0.4 is 4.90 Å². The maximum absolute atomic E-state index is 11.2. The SMILES string of the molecule is CC(C)(C)N(CC(=O)O)c1ncnc2c1CCCCC2. The molecule has 20 heavy (non-hydrogen) atoms. The molecule has 1 N–H and O–H groups in total. The number of aliphatic carboxylic acids is 1. The Morgan fingerprint density at radius 1 is 1.25 bits per heavy atom. The Hall–Kier alpha value is -1.65. The zero-order valence-corrected chi connectivity index (χ0v) is 12.5. The number of hydrogen-bond donors (Lipinski definition) is 1. The summed E-state index contributed by atoms with van der Waals surface area (Å²) in [5.41, 5.74) is 1.95. The van der Waals surface area contributed by atoms with Crippen molar-refractivity contribution in [3.63, 3.8) is 0 Å². The van der Waals surface area contributed by atoms with E-state index in [1.165, 1.54) is 6.42 Å². The van der Waals surface area contributed by atoms with E-state index >= 15 is 0 Å². The molecule has 5 nitrogen and oxygen atoms in total. The lowest BCUT2D eigenvalue weighted by Crippen LogP contribution is -2.45. The lowest BCUT2D eigenvalue weighted by Gasteiger charge is -2.36. The first-order valence-corrected chi connectivity index (χ1v) is 7.22. The molecule has 1 aromatic rings. The molecule has 5 heteroatoms. The summed E-state index contributed by atoms with van der Waals surface area (Å²) in [4.78, 5) is 21.9. The first-order valence-electron chi connectivity index (χ1n) is 7.22. The van der Waals surface area contributed by atoms with Crippen molar-refractivity contribution in [2.75, 3.05) is 11.4 Å². The van der Waals surface area contributed by atoms with Gasteiger partial charge in [-0.3, -0.25) is 4.79 Å². The van der Waals surface area contributed by atoms with E-state index in [2.05, 4.69) is 9.97 Å². The predicted molar refractivity (Wildman–Crippen MR) is 78.0 cm³/mol. The topological polar surface area (TPSA) is 66.3 Å². The van der Waals surface area contributed by atoms with Crippen molar-refractivity contribution in [1.82, 2.24) is 9.97 Å². The molecule has 0 spiro atoms. The van der Waals surface area contributed by atoms with Crippen molar-refractivity contribution in [1.29, 1.82) is 0 Å². The van der Waals surface area contributed by atoms with Gasteiger partial charge in [-0.25, -0.2) is 9.97 Å². The Labute approximate surface area is 120 Å². The van der Waals surface area contributed by atoms with Gasteiger partial charge in [0.2, 0.25) is 0 Å². The highest BCUT2D eigenvalue weighted by atomic mass is 16.4. The molecule has 0 aromatic carbocycles. The van der Waals surface area contributed by atoms with Crippen LogP contribution >= 0.6 is 0 Å². The van der Waals surface area contributed by atoms with Crippen LogP contribution in [0.25, 0.3) is 0 Å². The molecular weight excluding hydrogens is 254 g/mol. The quantitative estimate of drug-likeness (QED) is 0.860. The summed E-state index contributed by atoms with van der Waals surface area (Å²) < 4.78 is 0. The summed E-state index contributed by atoms with van der Waals surface area (Å²) in [6, 6.07) is 0. The first-order chi connectivity index (χ1) is 9.39. The highest BCUT2D eigenvalue weighted by Crippen LogP contribution is 2.30. The standard InChI is InChI=1S/C15H23N3O2/c1-15(2,3)18(9-13(19)20)14-11-7-5-4-6-8-12(11)16-10-17-14/h10H,4-9H2,1-3H3,(H,19,20). The minimum atomic E-state index is -0.832. The summed E-state index contributed by atoms with van der Waals surface area (Å²) in [7, 11) is 0. The van der Waals surface area contributed by atoms with Crippen LogP contribution in [-0.2, 0) is 17.6 Å². The van der Waals surface area contributed by atoms with Gasteiger partial charge in [0, 0.05) is 16.8 Å². The molecule has 0 saturated heterocycles. The Morgan fingerprint density at radius 3 is 2.60 bits per heavy atom. The number of aryl methyl sites for hydroxylation is 1. The van der Waals surface area contributed by atoms with Gasteiger partial charge >= 0.3 is 5.97 Å². The summed E-state index contributed by atoms with van der Waals surface area (Å²) in [6.07, 6.45) is 6.95. The van der Waals surface area contributed by atoms with E-state index in [9.17, 15) is 9.90 Å². The lowest BCUT2D eigenvalue weighted by atomic mass is 10.0. The second kappa shape index (κ2) is 5.77. The molecule has 1 aromatic heterocycles. The summed E-state index contributed by atoms with van der Waals surface area (Å²) in [5.74, 6) is -0.0345. The molecule has 110 valence electrons. The molecule has 0 unspecified atom stereocenters. The van der Waals surface area contributed by atoms with Crippen LogP contribution in [0.3, 0.4) is 0 Å². The van der Waals surface area contributed by atoms with Crippen LogP contribution in [0.15, 0.2) is 6.33 Å². The molecule has 1 aliphatic carbocycles. The van der Waals surface area contributed by atoms with Crippen molar-refractivity contribution in [3.05, 3.63) is 17.6 Å². The highest BCUT2D eigenvalue weighted by molar-refractivity contribution is 5.74. The van der Waals surface area contributed by atoms with Gasteiger partial charge in [0.15, 0.2) is 0 Å². The number of fused-ring (bicyclic) bond motifs is 1. The summed E-state index contributed by atoms with van der Waals surface area (Å²) in [5, 5.41) is 9.18. The zero-order valence-electron chi connectivity index (χ0n) is 12.5. The van der Waals surface area contributed by atoms with E-state index < -0.39 is 5.97 Å². The van der Waals surface area contributed by atoms with Crippen LogP contribution in [0.2, 0.25) is 0 Å². The maximum atomic E-state index is 11.2. The predicted octanol–water partition coefficient (Wildman–Crippen LogP) is 2.44. The van der Waals surface area contributed by atoms with Crippen molar-refractivity contribution in [2.24, 2.45) is 0 Å². The Kier molecular flexibility index (Phi) is 4.26. The molecule has 0 aliphatic heterocycles. The van der Waals surface area contributed by atoms with Crippen LogP contribution in [0, 0.1) is 0 Å². The number of aromatic nitrogens is 2. The number of carbonyl (C=O) groups is 1. The molecule has 0 amide bonds. The van der Waals surface area contributed by atoms with Gasteiger partial charge in [0.05, 0.1) is 0 Å². The smallest absolute Gasteiger partial charge is 0.323 e. The van der Waals surface area contributed by atoms with E-state index in [1.807, 2.05) is 25.7 Å². The first kappa shape index (κ1) is 14.8. The largest absolute Gasteiger partial charge is 0.480 e. The van der Waals surface area contributed by atoms with Gasteiger partial charge in [-0.1, -0.05) is 6.42 Å². The third kappa shape index (κ3) is 3.26. The second-order valence-corrected chi connectivity index (χ2v) is 6.33. The fraction of sp³-hybridized carbons (Fsp3) is 0.667. The third-order valence-electron chi connectivity index (χ3n) is 3.71. The molecular formula is C15H23N3O2. The molecule has 0 saturated carbocycles. The van der Waals surface area contributed by atoms with E-state index in [0.29, 0.717) is 0 Å². The van der Waals surface area contributed by atoms with E-state index in [0.717, 1.165) is 42.8 Å². The highest BCUT2D eigenvalue weighted by Gasteiger charge is 2.28. The van der Waals surface area contributed by atoms with Gasteiger partial charge in [0.1, 0.15) is 18.7 Å². The zero-order chi connectivity index (χ0) is 14.8. The van der Waals surface area contributed by atoms with Gasteiger partial charge in [0.25, 0.3) is 0 Å². The van der Waals surface area contributed by atoms with Gasteiger partial charge in [-0.2, -0.15) is 0 Å². The molecule has 0 fully saturated rings. The number of rotatable bonds is 3. The average Bonchev–Trinajstić information content (AvgIpc) is 2.59. The molecule has 1 aliphatic rings. The van der Waals surface area contributed by atoms with Crippen molar-refractivity contribution >= 4 is 11.8 Å². The Balaban J connectivity index is 2.45. The number of nitrogens with zero attached hydrogens (tertiary/aromatic N) is 3. The van der Waals surface area contributed by atoms with Crippen LogP contribution in [-0.4, -0.2) is 33.1 Å². The van der Waals surface area contributed by atoms with Crippen molar-refractivity contribution < 1.29 is 9.90 Å². The third-order valence-corrected chi connectivity index (χ3v) is 3.71. The number of anilines is 1. The van der Waals surface area contributed by atoms with Gasteiger partial charge in [-0.05, 0) is 46.5 Å². The molecule has 0 atom stereocenters. The summed E-state index contributed by atoms with van der Waals surface area (Å²) in [6.45, 7) is 6.01. The molecule has 1 heterocycles. The monoisotopic (exact) mass is 277 g/mol. The lowest BCUT2D eigenvalue weighted by molar-refractivity contribution is -0.135. The number of hydrogen-bond acceptors (Lipinski definition) is 4. The second-order valence-electron chi connectivity index (χ2n) is 6.33. The average molecular weight is 277 g/mol. The normalized spacial score (nSPS) is 15.3. The van der Waals surface area contributed by atoms with Crippen LogP contribution in [0.1, 0.15) is 51.3 Å². The minimum Gasteiger partial charge on any atom is -0.480 e. The minimum absolute atomic E-state index is 0.0348. The van der Waals surface area contributed by atoms with Crippen molar-refractivity contribution in [3.8, 4) is 0 Å². The molecule has 0 radical (unpaired) electrons. The van der Waals surface area contributed by atoms with E-state index in [1.54, 1.807) is 6.33 Å². The van der Waals surface area contributed by atoms with Crippen LogP contribution in [0.4, 0.5) is 5.82 Å². The number of carboxylic acid groups (broad SMARTS) is 1. The Morgan fingerprint density at radius 2 is 1.95 bits per heavy atom. The fourth-order valence-corrected chi connectivity index (χ4v) is 2.68. The van der Waals surface area contributed by atoms with E-state index in [4.69, 9.17) is 0 Å². The van der Waals surface area contributed by atoms with Gasteiger partial charge < -0.3 is 10.0 Å².